The molecule has 65 heavy (non-hydrogen) atoms. The van der Waals surface area contributed by atoms with Crippen molar-refractivity contribution in [3.8, 4) is 16.9 Å². The lowest BCUT2D eigenvalue weighted by Crippen LogP contribution is -2.56. The van der Waals surface area contributed by atoms with Crippen molar-refractivity contribution in [2.24, 2.45) is 0 Å². The van der Waals surface area contributed by atoms with Crippen molar-refractivity contribution in [2.75, 3.05) is 45.3 Å². The zero-order valence-corrected chi connectivity index (χ0v) is 35.5. The average molecular weight is 886 g/mol. The van der Waals surface area contributed by atoms with Crippen LogP contribution in [0, 0.1) is 0 Å². The second-order valence-corrected chi connectivity index (χ2v) is 16.4. The Balaban J connectivity index is 0.765. The van der Waals surface area contributed by atoms with Crippen LogP contribution in [-0.4, -0.2) is 125 Å². The lowest BCUT2D eigenvalue weighted by molar-refractivity contribution is -0.148. The van der Waals surface area contributed by atoms with Crippen molar-refractivity contribution in [2.45, 2.75) is 62.6 Å². The number of esters is 1. The Morgan fingerprint density at radius 3 is 2.26 bits per heavy atom. The molecule has 4 heterocycles. The number of aromatic nitrogens is 1. The first-order valence-electron chi connectivity index (χ1n) is 21.4. The molecule has 18 nitrogen and oxygen atoms in total. The maximum atomic E-state index is 13.5. The van der Waals surface area contributed by atoms with Crippen molar-refractivity contribution < 1.29 is 52.9 Å². The highest BCUT2D eigenvalue weighted by molar-refractivity contribution is 6.25. The molecule has 1 aliphatic carbocycles. The van der Waals surface area contributed by atoms with E-state index in [4.69, 9.17) is 9.47 Å². The highest BCUT2D eigenvalue weighted by Gasteiger charge is 2.47. The number of piperidine rings is 2. The lowest BCUT2D eigenvalue weighted by atomic mass is 9.95. The summed E-state index contributed by atoms with van der Waals surface area (Å²) in [6.45, 7) is 1.56. The van der Waals surface area contributed by atoms with E-state index in [2.05, 4.69) is 26.3 Å². The Morgan fingerprint density at radius 2 is 1.57 bits per heavy atom. The molecular formula is C47H47N7O11. The summed E-state index contributed by atoms with van der Waals surface area (Å²) in [6.07, 6.45) is 3.21. The molecule has 4 aliphatic rings. The number of ether oxygens (including phenoxy) is 2. The number of carbonyl (C=O) groups is 8. The second kappa shape index (κ2) is 18.7. The summed E-state index contributed by atoms with van der Waals surface area (Å²) >= 11 is 0. The number of nitrogens with zero attached hydrogens (tertiary/aromatic N) is 3. The van der Waals surface area contributed by atoms with Gasteiger partial charge in [-0.15, -0.1) is 0 Å². The number of nitrogens with one attached hydrogen (secondary N) is 4. The predicted octanol–water partition coefficient (Wildman–Crippen LogP) is 2.54. The average Bonchev–Trinajstić information content (AvgIpc) is 3.81. The van der Waals surface area contributed by atoms with E-state index in [-0.39, 0.29) is 92.3 Å². The summed E-state index contributed by atoms with van der Waals surface area (Å²) in [7, 11) is 1.26. The van der Waals surface area contributed by atoms with E-state index in [1.807, 2.05) is 24.3 Å². The summed E-state index contributed by atoms with van der Waals surface area (Å²) in [5, 5.41) is 22.3. The number of rotatable bonds is 14. The van der Waals surface area contributed by atoms with Gasteiger partial charge in [-0.05, 0) is 66.3 Å². The fourth-order valence-corrected chi connectivity index (χ4v) is 8.91. The van der Waals surface area contributed by atoms with Crippen LogP contribution in [0.5, 0.6) is 5.75 Å². The lowest BCUT2D eigenvalue weighted by Gasteiger charge is -2.32. The molecule has 0 spiro atoms. The third-order valence-corrected chi connectivity index (χ3v) is 12.3. The molecular weight excluding hydrogens is 839 g/mol. The van der Waals surface area contributed by atoms with Gasteiger partial charge >= 0.3 is 5.97 Å². The summed E-state index contributed by atoms with van der Waals surface area (Å²) < 4.78 is 10.8. The topological polar surface area (TPSA) is 243 Å². The Labute approximate surface area is 373 Å². The first-order valence-corrected chi connectivity index (χ1v) is 21.4. The van der Waals surface area contributed by atoms with Crippen LogP contribution in [0.3, 0.4) is 0 Å². The summed E-state index contributed by atoms with van der Waals surface area (Å²) in [5.74, 6) is -4.42. The number of hydrogen-bond donors (Lipinski definition) is 5. The highest BCUT2D eigenvalue weighted by atomic mass is 16.5. The van der Waals surface area contributed by atoms with Gasteiger partial charge in [0.2, 0.25) is 17.7 Å². The number of fused-ring (bicyclic) bond motifs is 2. The molecule has 7 amide bonds. The Bertz CT molecular complexity index is 2560. The third kappa shape index (κ3) is 9.02. The molecule has 2 fully saturated rings. The maximum Gasteiger partial charge on any atom is 0.332 e. The Morgan fingerprint density at radius 1 is 0.846 bits per heavy atom. The number of amides is 7. The van der Waals surface area contributed by atoms with Crippen molar-refractivity contribution in [3.63, 3.8) is 0 Å². The molecule has 0 bridgehead atoms. The van der Waals surface area contributed by atoms with E-state index in [1.165, 1.54) is 19.4 Å². The number of pyridine rings is 1. The minimum absolute atomic E-state index is 0.0282. The van der Waals surface area contributed by atoms with E-state index in [9.17, 15) is 43.5 Å². The predicted molar refractivity (Wildman–Crippen MR) is 232 cm³/mol. The van der Waals surface area contributed by atoms with Crippen LogP contribution in [0.2, 0.25) is 0 Å². The molecule has 4 aromatic rings. The van der Waals surface area contributed by atoms with Gasteiger partial charge in [-0.1, -0.05) is 42.5 Å². The largest absolute Gasteiger partial charge is 0.505 e. The van der Waals surface area contributed by atoms with Gasteiger partial charge in [0.25, 0.3) is 23.6 Å². The number of anilines is 1. The van der Waals surface area contributed by atoms with Gasteiger partial charge in [-0.3, -0.25) is 43.8 Å². The van der Waals surface area contributed by atoms with Crippen LogP contribution in [-0.2, 0) is 41.5 Å². The van der Waals surface area contributed by atoms with Gasteiger partial charge in [0, 0.05) is 67.9 Å². The molecule has 3 aliphatic heterocycles. The van der Waals surface area contributed by atoms with Gasteiger partial charge in [0.1, 0.15) is 11.6 Å². The summed E-state index contributed by atoms with van der Waals surface area (Å²) in [6, 6.07) is 19.2. The quantitative estimate of drug-likeness (QED) is 0.0696. The minimum atomic E-state index is -1.35. The van der Waals surface area contributed by atoms with Crippen molar-refractivity contribution >= 4 is 53.0 Å². The number of aromatic hydroxyl groups is 1. The molecule has 336 valence electrons. The van der Waals surface area contributed by atoms with Gasteiger partial charge < -0.3 is 35.4 Å². The minimum Gasteiger partial charge on any atom is -0.505 e. The molecule has 1 aromatic heterocycles. The molecule has 2 saturated heterocycles. The highest BCUT2D eigenvalue weighted by Crippen LogP contribution is 2.35. The fraction of sp³-hybridized carbons (Fsp3) is 0.340. The zero-order valence-electron chi connectivity index (χ0n) is 35.5. The standard InChI is InChI=1S/C47H47N7O11/c1-64-46(63)47(25-29-5-2-3-6-30(29)26-47)52-43(60)39-40(57)32(15-19-49-39)27-9-11-28(12-10-27)41(58)50-31-16-21-53(22-17-31)37(56)18-23-65-24-20-48-34-8-4-7-33-38(34)45(62)54(44(33)61)35-13-14-36(55)51-42(35)59/h2-12,15,19,31,35,48,57H,13-14,16-18,20-26H2,1H3,(H,50,58)(H,52,60)(H,51,55,59). The normalized spacial score (nSPS) is 17.8. The van der Waals surface area contributed by atoms with Gasteiger partial charge in [0.15, 0.2) is 11.4 Å². The van der Waals surface area contributed by atoms with Crippen LogP contribution in [0.25, 0.3) is 11.1 Å². The van der Waals surface area contributed by atoms with Gasteiger partial charge in [0.05, 0.1) is 37.9 Å². The Kier molecular flexibility index (Phi) is 12.7. The number of carbonyl (C=O) groups excluding carboxylic acids is 8. The number of hydrogen-bond acceptors (Lipinski definition) is 13. The Hall–Kier alpha value is -7.47. The van der Waals surface area contributed by atoms with Crippen molar-refractivity contribution in [3.05, 3.63) is 113 Å². The maximum absolute atomic E-state index is 13.5. The first kappa shape index (κ1) is 44.1. The molecule has 0 saturated carbocycles. The van der Waals surface area contributed by atoms with Crippen LogP contribution >= 0.6 is 0 Å². The number of methoxy groups -OCH3 is 1. The van der Waals surface area contributed by atoms with E-state index >= 15 is 0 Å². The van der Waals surface area contributed by atoms with Crippen molar-refractivity contribution in [1.29, 1.82) is 0 Å². The van der Waals surface area contributed by atoms with Crippen LogP contribution in [0.4, 0.5) is 5.69 Å². The smallest absolute Gasteiger partial charge is 0.332 e. The molecule has 1 unspecified atom stereocenters. The third-order valence-electron chi connectivity index (χ3n) is 12.3. The van der Waals surface area contributed by atoms with Crippen LogP contribution in [0.15, 0.2) is 79.0 Å². The second-order valence-electron chi connectivity index (χ2n) is 16.4. The van der Waals surface area contributed by atoms with Gasteiger partial charge in [-0.25, -0.2) is 9.78 Å². The van der Waals surface area contributed by atoms with E-state index in [1.54, 1.807) is 47.4 Å². The van der Waals surface area contributed by atoms with E-state index < -0.39 is 47.1 Å². The molecule has 0 radical (unpaired) electrons. The number of likely N-dealkylation sites (tertiary alicyclic amines) is 1. The van der Waals surface area contributed by atoms with Gasteiger partial charge in [-0.2, -0.15) is 0 Å². The molecule has 3 aromatic carbocycles. The fourth-order valence-electron chi connectivity index (χ4n) is 8.91. The first-order chi connectivity index (χ1) is 31.4. The van der Waals surface area contributed by atoms with Crippen molar-refractivity contribution in [1.82, 2.24) is 30.7 Å². The molecule has 18 heteroatoms. The molecule has 8 rings (SSSR count). The molecule has 5 N–H and O–H groups in total. The molecule has 1 atom stereocenters. The SMILES string of the molecule is COC(=O)C1(NC(=O)c2nccc(-c3ccc(C(=O)NC4CCN(C(=O)CCOCCNc5cccc6c5C(=O)N(C5CCC(=O)NC5=O)C6=O)CC4)cc3)c2O)Cc2ccccc2C1. The monoisotopic (exact) mass is 885 g/mol. The summed E-state index contributed by atoms with van der Waals surface area (Å²) in [5.41, 5.74) is 2.17. The summed E-state index contributed by atoms with van der Waals surface area (Å²) in [4.78, 5) is 110. The zero-order chi connectivity index (χ0) is 45.8. The van der Waals surface area contributed by atoms with E-state index in [0.717, 1.165) is 16.0 Å². The number of benzene rings is 3. The van der Waals surface area contributed by atoms with E-state index in [0.29, 0.717) is 48.3 Å². The van der Waals surface area contributed by atoms with Crippen LogP contribution in [0.1, 0.15) is 84.8 Å². The number of imide groups is 2. The van der Waals surface area contributed by atoms with Crippen LogP contribution < -0.4 is 21.3 Å².